The van der Waals surface area contributed by atoms with Gasteiger partial charge in [0.2, 0.25) is 5.91 Å². The van der Waals surface area contributed by atoms with Crippen molar-refractivity contribution in [3.8, 4) is 0 Å². The summed E-state index contributed by atoms with van der Waals surface area (Å²) in [6, 6.07) is 10.4. The second-order valence-electron chi connectivity index (χ2n) is 6.37. The van der Waals surface area contributed by atoms with E-state index in [1.54, 1.807) is 0 Å². The molecule has 0 radical (unpaired) electrons. The van der Waals surface area contributed by atoms with E-state index in [0.29, 0.717) is 0 Å². The molecule has 0 aromatic heterocycles. The van der Waals surface area contributed by atoms with Crippen LogP contribution < -0.4 is 5.32 Å². The minimum absolute atomic E-state index is 0.0488. The number of hydrogen-bond acceptors (Lipinski definition) is 3. The van der Waals surface area contributed by atoms with Crippen LogP contribution >= 0.6 is 0 Å². The maximum absolute atomic E-state index is 12.6. The fraction of sp³-hybridized carbons (Fsp3) is 0.526. The molecule has 4 heteroatoms. The van der Waals surface area contributed by atoms with Crippen LogP contribution in [0, 0.1) is 5.92 Å². The maximum atomic E-state index is 12.6. The van der Waals surface area contributed by atoms with Crippen molar-refractivity contribution in [2.45, 2.75) is 25.3 Å². The summed E-state index contributed by atoms with van der Waals surface area (Å²) in [5, 5.41) is 3.30. The molecule has 1 aromatic rings. The summed E-state index contributed by atoms with van der Waals surface area (Å²) in [7, 11) is 0. The van der Waals surface area contributed by atoms with Crippen LogP contribution in [0.5, 0.6) is 0 Å². The molecule has 1 aliphatic carbocycles. The average Bonchev–Trinajstić information content (AvgIpc) is 2.63. The molecule has 0 bridgehead atoms. The third kappa shape index (κ3) is 4.66. The molecular formula is C19H26N2O2. The summed E-state index contributed by atoms with van der Waals surface area (Å²) in [6.45, 7) is 4.28. The first-order valence-electron chi connectivity index (χ1n) is 8.63. The van der Waals surface area contributed by atoms with Crippen LogP contribution in [0.2, 0.25) is 0 Å². The summed E-state index contributed by atoms with van der Waals surface area (Å²) in [5.41, 5.74) is 1.18. The van der Waals surface area contributed by atoms with Crippen molar-refractivity contribution >= 4 is 5.91 Å². The lowest BCUT2D eigenvalue weighted by molar-refractivity contribution is -0.126. The number of allylic oxidation sites excluding steroid dienone is 2. The molecule has 1 fully saturated rings. The molecule has 1 aliphatic heterocycles. The molecule has 0 saturated carbocycles. The van der Waals surface area contributed by atoms with Gasteiger partial charge in [-0.25, -0.2) is 0 Å². The van der Waals surface area contributed by atoms with Crippen molar-refractivity contribution in [2.75, 3.05) is 32.8 Å². The van der Waals surface area contributed by atoms with E-state index in [2.05, 4.69) is 34.5 Å². The highest BCUT2D eigenvalue weighted by Crippen LogP contribution is 2.21. The number of nitrogens with zero attached hydrogens (tertiary/aromatic N) is 1. The maximum Gasteiger partial charge on any atom is 0.223 e. The van der Waals surface area contributed by atoms with E-state index in [1.807, 2.05) is 18.2 Å². The summed E-state index contributed by atoms with van der Waals surface area (Å²) in [6.07, 6.45) is 7.14. The Bertz CT molecular complexity index is 523. The number of morpholine rings is 1. The Morgan fingerprint density at radius 1 is 1.22 bits per heavy atom. The van der Waals surface area contributed by atoms with E-state index in [9.17, 15) is 4.79 Å². The predicted molar refractivity (Wildman–Crippen MR) is 91.1 cm³/mol. The lowest BCUT2D eigenvalue weighted by Crippen LogP contribution is -2.44. The number of rotatable bonds is 5. The van der Waals surface area contributed by atoms with Gasteiger partial charge in [0.1, 0.15) is 0 Å². The first kappa shape index (κ1) is 16.2. The van der Waals surface area contributed by atoms with Gasteiger partial charge in [-0.15, -0.1) is 0 Å². The van der Waals surface area contributed by atoms with Crippen molar-refractivity contribution in [3.63, 3.8) is 0 Å². The van der Waals surface area contributed by atoms with E-state index in [1.165, 1.54) is 5.56 Å². The van der Waals surface area contributed by atoms with Crippen LogP contribution in [0.3, 0.4) is 0 Å². The van der Waals surface area contributed by atoms with Crippen LogP contribution in [0.15, 0.2) is 42.5 Å². The van der Waals surface area contributed by atoms with Crippen molar-refractivity contribution < 1.29 is 9.53 Å². The van der Waals surface area contributed by atoms with Crippen LogP contribution in [0.25, 0.3) is 0 Å². The van der Waals surface area contributed by atoms with E-state index >= 15 is 0 Å². The number of carbonyl (C=O) groups excluding carboxylic acids is 1. The molecule has 4 nitrogen and oxygen atoms in total. The molecule has 1 aromatic carbocycles. The minimum atomic E-state index is 0.0488. The zero-order valence-corrected chi connectivity index (χ0v) is 13.6. The number of hydrogen-bond donors (Lipinski definition) is 1. The second kappa shape index (κ2) is 8.27. The van der Waals surface area contributed by atoms with Crippen molar-refractivity contribution in [2.24, 2.45) is 5.92 Å². The highest BCUT2D eigenvalue weighted by molar-refractivity contribution is 5.79. The van der Waals surface area contributed by atoms with Crippen LogP contribution in [0.1, 0.15) is 30.9 Å². The van der Waals surface area contributed by atoms with Gasteiger partial charge in [-0.3, -0.25) is 9.69 Å². The zero-order chi connectivity index (χ0) is 15.9. The molecule has 2 atom stereocenters. The fourth-order valence-electron chi connectivity index (χ4n) is 3.28. The lowest BCUT2D eigenvalue weighted by atomic mass is 9.93. The van der Waals surface area contributed by atoms with Crippen LogP contribution in [-0.2, 0) is 9.53 Å². The quantitative estimate of drug-likeness (QED) is 0.849. The Labute approximate surface area is 138 Å². The molecule has 23 heavy (non-hydrogen) atoms. The second-order valence-corrected chi connectivity index (χ2v) is 6.37. The van der Waals surface area contributed by atoms with Gasteiger partial charge in [-0.05, 0) is 24.8 Å². The first-order chi connectivity index (χ1) is 11.3. The topological polar surface area (TPSA) is 41.6 Å². The highest BCUT2D eigenvalue weighted by Gasteiger charge is 2.24. The zero-order valence-electron chi connectivity index (χ0n) is 13.6. The molecule has 3 rings (SSSR count). The molecule has 2 unspecified atom stereocenters. The molecule has 1 N–H and O–H groups in total. The predicted octanol–water partition coefficient (Wildman–Crippen LogP) is 2.53. The number of ether oxygens (including phenoxy) is 1. The fourth-order valence-corrected chi connectivity index (χ4v) is 3.28. The van der Waals surface area contributed by atoms with Crippen molar-refractivity contribution in [3.05, 3.63) is 48.0 Å². The molecule has 2 aliphatic rings. The summed E-state index contributed by atoms with van der Waals surface area (Å²) in [4.78, 5) is 15.0. The van der Waals surface area contributed by atoms with Gasteiger partial charge in [0, 0.05) is 25.6 Å². The van der Waals surface area contributed by atoms with Gasteiger partial charge in [-0.2, -0.15) is 0 Å². The Hall–Kier alpha value is -1.65. The van der Waals surface area contributed by atoms with Crippen LogP contribution in [-0.4, -0.2) is 43.7 Å². The SMILES string of the molecule is O=C(NC(CN1CCOCC1)c1ccccc1)C1CC=CCC1. The van der Waals surface area contributed by atoms with E-state index in [0.717, 1.165) is 52.1 Å². The van der Waals surface area contributed by atoms with Gasteiger partial charge in [-0.1, -0.05) is 42.5 Å². The van der Waals surface area contributed by atoms with E-state index < -0.39 is 0 Å². The number of amides is 1. The number of nitrogens with one attached hydrogen (secondary N) is 1. The summed E-state index contributed by atoms with van der Waals surface area (Å²) < 4.78 is 5.43. The average molecular weight is 314 g/mol. The molecular weight excluding hydrogens is 288 g/mol. The van der Waals surface area contributed by atoms with Gasteiger partial charge in [0.15, 0.2) is 0 Å². The normalized spacial score (nSPS) is 23.4. The summed E-state index contributed by atoms with van der Waals surface area (Å²) in [5.74, 6) is 0.312. The lowest BCUT2D eigenvalue weighted by Gasteiger charge is -2.32. The first-order valence-corrected chi connectivity index (χ1v) is 8.63. The smallest absolute Gasteiger partial charge is 0.223 e. The molecule has 0 spiro atoms. The monoisotopic (exact) mass is 314 g/mol. The molecule has 1 heterocycles. The van der Waals surface area contributed by atoms with Gasteiger partial charge in [0.05, 0.1) is 19.3 Å². The standard InChI is InChI=1S/C19H26N2O2/c22-19(17-9-5-2-6-10-17)20-18(16-7-3-1-4-8-16)15-21-11-13-23-14-12-21/h1-5,7-8,17-18H,6,9-15H2,(H,20,22). The summed E-state index contributed by atoms with van der Waals surface area (Å²) >= 11 is 0. The molecule has 124 valence electrons. The Balaban J connectivity index is 1.66. The highest BCUT2D eigenvalue weighted by atomic mass is 16.5. The Morgan fingerprint density at radius 3 is 2.70 bits per heavy atom. The molecule has 1 saturated heterocycles. The Morgan fingerprint density at radius 2 is 2.00 bits per heavy atom. The molecule has 1 amide bonds. The van der Waals surface area contributed by atoms with Gasteiger partial charge >= 0.3 is 0 Å². The minimum Gasteiger partial charge on any atom is -0.379 e. The van der Waals surface area contributed by atoms with Gasteiger partial charge < -0.3 is 10.1 Å². The van der Waals surface area contributed by atoms with Gasteiger partial charge in [0.25, 0.3) is 0 Å². The van der Waals surface area contributed by atoms with E-state index in [-0.39, 0.29) is 17.9 Å². The Kier molecular flexibility index (Phi) is 5.83. The third-order valence-corrected chi connectivity index (χ3v) is 4.70. The van der Waals surface area contributed by atoms with Crippen molar-refractivity contribution in [1.82, 2.24) is 10.2 Å². The van der Waals surface area contributed by atoms with Crippen LogP contribution in [0.4, 0.5) is 0 Å². The van der Waals surface area contributed by atoms with Crippen molar-refractivity contribution in [1.29, 1.82) is 0 Å². The van der Waals surface area contributed by atoms with E-state index in [4.69, 9.17) is 4.74 Å². The third-order valence-electron chi connectivity index (χ3n) is 4.70. The number of benzene rings is 1. The largest absolute Gasteiger partial charge is 0.379 e. The number of carbonyl (C=O) groups is 1.